The second-order valence-electron chi connectivity index (χ2n) is 7.53. The number of amides is 1. The van der Waals surface area contributed by atoms with Crippen LogP contribution < -0.4 is 5.32 Å². The maximum atomic E-state index is 13.0. The molecule has 1 saturated carbocycles. The second kappa shape index (κ2) is 8.80. The Morgan fingerprint density at radius 1 is 1.19 bits per heavy atom. The molecular formula is C20H28FN3OS. The monoisotopic (exact) mass is 377 g/mol. The molecule has 1 unspecified atom stereocenters. The topological polar surface area (TPSA) is 35.6 Å². The van der Waals surface area contributed by atoms with Gasteiger partial charge in [0.1, 0.15) is 5.82 Å². The minimum atomic E-state index is -0.264. The first-order valence-corrected chi connectivity index (χ1v) is 10.0. The molecule has 0 aromatic heterocycles. The van der Waals surface area contributed by atoms with E-state index in [-0.39, 0.29) is 11.9 Å². The summed E-state index contributed by atoms with van der Waals surface area (Å²) in [5, 5.41) is 3.79. The lowest BCUT2D eigenvalue weighted by molar-refractivity contribution is -0.134. The highest BCUT2D eigenvalue weighted by atomic mass is 32.1. The maximum absolute atomic E-state index is 13.0. The van der Waals surface area contributed by atoms with Crippen molar-refractivity contribution in [2.75, 3.05) is 25.0 Å². The van der Waals surface area contributed by atoms with Gasteiger partial charge in [0.2, 0.25) is 5.91 Å². The smallest absolute Gasteiger partial charge is 0.222 e. The molecule has 1 atom stereocenters. The third kappa shape index (κ3) is 4.93. The Bertz CT molecular complexity index is 630. The zero-order chi connectivity index (χ0) is 18.5. The minimum Gasteiger partial charge on any atom is -0.343 e. The number of nitrogens with one attached hydrogen (secondary N) is 1. The van der Waals surface area contributed by atoms with Crippen LogP contribution in [0.5, 0.6) is 0 Å². The third-order valence-corrected chi connectivity index (χ3v) is 5.86. The van der Waals surface area contributed by atoms with Crippen LogP contribution in [-0.2, 0) is 4.79 Å². The van der Waals surface area contributed by atoms with Crippen molar-refractivity contribution >= 4 is 28.9 Å². The molecule has 0 bridgehead atoms. The van der Waals surface area contributed by atoms with E-state index in [1.807, 2.05) is 4.90 Å². The van der Waals surface area contributed by atoms with Crippen LogP contribution in [0.25, 0.3) is 0 Å². The average Bonchev–Trinajstić information content (AvgIpc) is 2.64. The van der Waals surface area contributed by atoms with Crippen LogP contribution in [0.4, 0.5) is 10.1 Å². The van der Waals surface area contributed by atoms with Crippen LogP contribution in [0.15, 0.2) is 24.3 Å². The summed E-state index contributed by atoms with van der Waals surface area (Å²) < 4.78 is 13.0. The van der Waals surface area contributed by atoms with Gasteiger partial charge in [0.25, 0.3) is 0 Å². The van der Waals surface area contributed by atoms with Gasteiger partial charge in [-0.3, -0.25) is 4.79 Å². The highest BCUT2D eigenvalue weighted by Gasteiger charge is 2.29. The van der Waals surface area contributed by atoms with Crippen molar-refractivity contribution in [2.24, 2.45) is 5.92 Å². The van der Waals surface area contributed by atoms with E-state index in [4.69, 9.17) is 12.2 Å². The molecule has 142 valence electrons. The highest BCUT2D eigenvalue weighted by molar-refractivity contribution is 7.80. The number of rotatable bonds is 3. The van der Waals surface area contributed by atoms with E-state index in [0.29, 0.717) is 36.4 Å². The number of nitrogens with zero attached hydrogens (tertiary/aromatic N) is 2. The Balaban J connectivity index is 1.50. The summed E-state index contributed by atoms with van der Waals surface area (Å²) in [6, 6.07) is 6.35. The van der Waals surface area contributed by atoms with Crippen molar-refractivity contribution in [3.63, 3.8) is 0 Å². The molecule has 0 spiro atoms. The Hall–Kier alpha value is -1.69. The van der Waals surface area contributed by atoms with E-state index in [0.717, 1.165) is 12.2 Å². The summed E-state index contributed by atoms with van der Waals surface area (Å²) >= 11 is 5.52. The fraction of sp³-hybridized carbons (Fsp3) is 0.600. The molecule has 1 saturated heterocycles. The number of hydrogen-bond acceptors (Lipinski definition) is 2. The first-order chi connectivity index (χ1) is 12.5. The van der Waals surface area contributed by atoms with Gasteiger partial charge in [-0.05, 0) is 62.2 Å². The predicted molar refractivity (Wildman–Crippen MR) is 107 cm³/mol. The number of piperazine rings is 1. The highest BCUT2D eigenvalue weighted by Crippen LogP contribution is 2.27. The normalized spacial score (nSPS) is 21.5. The Labute approximate surface area is 160 Å². The first kappa shape index (κ1) is 19.1. The summed E-state index contributed by atoms with van der Waals surface area (Å²) in [7, 11) is 0. The van der Waals surface area contributed by atoms with Gasteiger partial charge in [0.15, 0.2) is 5.11 Å². The minimum absolute atomic E-state index is 0.166. The number of anilines is 1. The van der Waals surface area contributed by atoms with Crippen LogP contribution in [0, 0.1) is 11.7 Å². The summed E-state index contributed by atoms with van der Waals surface area (Å²) in [6.07, 6.45) is 6.96. The number of thiocarbonyl (C=S) groups is 1. The Morgan fingerprint density at radius 2 is 1.88 bits per heavy atom. The molecule has 1 aliphatic carbocycles. The molecule has 1 aromatic carbocycles. The van der Waals surface area contributed by atoms with Crippen LogP contribution in [-0.4, -0.2) is 46.5 Å². The van der Waals surface area contributed by atoms with Crippen molar-refractivity contribution in [2.45, 2.75) is 51.5 Å². The van der Waals surface area contributed by atoms with Gasteiger partial charge in [-0.25, -0.2) is 4.39 Å². The molecule has 2 aliphatic rings. The van der Waals surface area contributed by atoms with E-state index in [2.05, 4.69) is 17.1 Å². The van der Waals surface area contributed by atoms with Crippen LogP contribution in [0.1, 0.15) is 45.4 Å². The third-order valence-electron chi connectivity index (χ3n) is 5.52. The SMILES string of the molecule is CC1CN(C(=O)CC2CCCCC2)CCN1C(=S)Nc1ccc(F)cc1. The summed E-state index contributed by atoms with van der Waals surface area (Å²) in [5.41, 5.74) is 0.777. The van der Waals surface area contributed by atoms with Gasteiger partial charge in [-0.15, -0.1) is 0 Å². The molecule has 1 aliphatic heterocycles. The van der Waals surface area contributed by atoms with E-state index in [1.54, 1.807) is 12.1 Å². The van der Waals surface area contributed by atoms with Crippen molar-refractivity contribution in [1.29, 1.82) is 0 Å². The predicted octanol–water partition coefficient (Wildman–Crippen LogP) is 4.03. The van der Waals surface area contributed by atoms with E-state index < -0.39 is 0 Å². The lowest BCUT2D eigenvalue weighted by atomic mass is 9.86. The van der Waals surface area contributed by atoms with Gasteiger partial charge in [0.05, 0.1) is 0 Å². The molecule has 6 heteroatoms. The number of carbonyl (C=O) groups is 1. The molecule has 3 rings (SSSR count). The Morgan fingerprint density at radius 3 is 2.54 bits per heavy atom. The molecule has 2 fully saturated rings. The van der Waals surface area contributed by atoms with Crippen LogP contribution >= 0.6 is 12.2 Å². The number of halogens is 1. The van der Waals surface area contributed by atoms with Crippen molar-refractivity contribution in [3.05, 3.63) is 30.1 Å². The lowest BCUT2D eigenvalue weighted by Crippen LogP contribution is -2.56. The summed E-state index contributed by atoms with van der Waals surface area (Å²) in [4.78, 5) is 16.7. The van der Waals surface area contributed by atoms with Crippen LogP contribution in [0.2, 0.25) is 0 Å². The molecule has 26 heavy (non-hydrogen) atoms. The van der Waals surface area contributed by atoms with Gasteiger partial charge >= 0.3 is 0 Å². The van der Waals surface area contributed by atoms with E-state index in [9.17, 15) is 9.18 Å². The van der Waals surface area contributed by atoms with Gasteiger partial charge in [-0.2, -0.15) is 0 Å². The number of carbonyl (C=O) groups excluding carboxylic acids is 1. The molecule has 4 nitrogen and oxygen atoms in total. The molecular weight excluding hydrogens is 349 g/mol. The lowest BCUT2D eigenvalue weighted by Gasteiger charge is -2.41. The van der Waals surface area contributed by atoms with Gasteiger partial charge in [-0.1, -0.05) is 19.3 Å². The molecule has 1 amide bonds. The summed E-state index contributed by atoms with van der Waals surface area (Å²) in [6.45, 7) is 4.24. The number of benzene rings is 1. The molecule has 1 heterocycles. The molecule has 1 N–H and O–H groups in total. The quantitative estimate of drug-likeness (QED) is 0.807. The standard InChI is InChI=1S/C20H28FN3OS/c1-15-14-23(19(25)13-16-5-3-2-4-6-16)11-12-24(15)20(26)22-18-9-7-17(21)8-10-18/h7-10,15-16H,2-6,11-14H2,1H3,(H,22,26). The second-order valence-corrected chi connectivity index (χ2v) is 7.91. The maximum Gasteiger partial charge on any atom is 0.222 e. The number of hydrogen-bond donors (Lipinski definition) is 1. The summed E-state index contributed by atoms with van der Waals surface area (Å²) in [5.74, 6) is 0.603. The Kier molecular flexibility index (Phi) is 6.46. The molecule has 0 radical (unpaired) electrons. The zero-order valence-electron chi connectivity index (χ0n) is 15.4. The zero-order valence-corrected chi connectivity index (χ0v) is 16.2. The fourth-order valence-corrected chi connectivity index (χ4v) is 4.37. The first-order valence-electron chi connectivity index (χ1n) is 9.64. The fourth-order valence-electron chi connectivity index (χ4n) is 3.98. The van der Waals surface area contributed by atoms with Crippen molar-refractivity contribution < 1.29 is 9.18 Å². The van der Waals surface area contributed by atoms with Crippen molar-refractivity contribution in [3.8, 4) is 0 Å². The van der Waals surface area contributed by atoms with Gasteiger partial charge < -0.3 is 15.1 Å². The average molecular weight is 378 g/mol. The van der Waals surface area contributed by atoms with E-state index >= 15 is 0 Å². The van der Waals surface area contributed by atoms with Gasteiger partial charge in [0, 0.05) is 37.8 Å². The van der Waals surface area contributed by atoms with Crippen molar-refractivity contribution in [1.82, 2.24) is 9.80 Å². The van der Waals surface area contributed by atoms with E-state index in [1.165, 1.54) is 44.2 Å². The van der Waals surface area contributed by atoms with Crippen LogP contribution in [0.3, 0.4) is 0 Å². The largest absolute Gasteiger partial charge is 0.343 e. The molecule has 1 aromatic rings.